The molecule has 0 bridgehead atoms. The highest BCUT2D eigenvalue weighted by molar-refractivity contribution is 8.77. The molecule has 0 nitrogen and oxygen atoms in total. The number of halogens is 2. The van der Waals surface area contributed by atoms with Gasteiger partial charge in [0.25, 0.3) is 0 Å². The first-order valence-electron chi connectivity index (χ1n) is 2.95. The third kappa shape index (κ3) is 8.56. The van der Waals surface area contributed by atoms with Crippen molar-refractivity contribution in [3.8, 4) is 0 Å². The summed E-state index contributed by atoms with van der Waals surface area (Å²) in [5.74, 6) is 0. The van der Waals surface area contributed by atoms with Crippen LogP contribution in [-0.2, 0) is 0 Å². The summed E-state index contributed by atoms with van der Waals surface area (Å²) in [5, 5.41) is -2.71. The van der Waals surface area contributed by atoms with Gasteiger partial charge in [-0.05, 0) is 27.7 Å². The van der Waals surface area contributed by atoms with E-state index in [-0.39, 0.29) is 0 Å². The van der Waals surface area contributed by atoms with E-state index in [1.165, 1.54) is 27.7 Å². The van der Waals surface area contributed by atoms with Crippen molar-refractivity contribution in [3.63, 3.8) is 0 Å². The second-order valence-electron chi connectivity index (χ2n) is 2.89. The molecule has 0 unspecified atom stereocenters. The van der Waals surface area contributed by atoms with E-state index in [9.17, 15) is 8.78 Å². The summed E-state index contributed by atoms with van der Waals surface area (Å²) < 4.78 is 25.4. The summed E-state index contributed by atoms with van der Waals surface area (Å²) in [6, 6.07) is 0. The molecule has 0 fully saturated rings. The molecule has 4 heteroatoms. The predicted octanol–water partition coefficient (Wildman–Crippen LogP) is 3.78. The first-order valence-corrected chi connectivity index (χ1v) is 5.10. The summed E-state index contributed by atoms with van der Waals surface area (Å²) in [6.07, 6.45) is 0. The van der Waals surface area contributed by atoms with Gasteiger partial charge in [0.1, 0.15) is 0 Å². The van der Waals surface area contributed by atoms with E-state index in [2.05, 4.69) is 0 Å². The molecule has 10 heavy (non-hydrogen) atoms. The molecule has 0 spiro atoms. The molecule has 0 aliphatic carbocycles. The molecule has 0 heterocycles. The number of alkyl halides is 2. The Morgan fingerprint density at radius 1 is 0.800 bits per heavy atom. The van der Waals surface area contributed by atoms with Crippen LogP contribution in [-0.4, -0.2) is 10.0 Å². The van der Waals surface area contributed by atoms with Crippen LogP contribution in [0.25, 0.3) is 0 Å². The van der Waals surface area contributed by atoms with Gasteiger partial charge in [0.05, 0.1) is 0 Å². The van der Waals surface area contributed by atoms with Gasteiger partial charge in [-0.2, -0.15) is 0 Å². The quantitative estimate of drug-likeness (QED) is 0.615. The number of hydrogen-bond donors (Lipinski definition) is 0. The van der Waals surface area contributed by atoms with Gasteiger partial charge in [-0.25, -0.2) is 8.78 Å². The molecule has 0 saturated carbocycles. The fourth-order valence-corrected chi connectivity index (χ4v) is 1.78. The molecule has 0 N–H and O–H groups in total. The zero-order valence-corrected chi connectivity index (χ0v) is 8.21. The largest absolute Gasteiger partial charge is 0.232 e. The van der Waals surface area contributed by atoms with Crippen molar-refractivity contribution < 1.29 is 8.78 Å². The molecule has 0 saturated heterocycles. The summed E-state index contributed by atoms with van der Waals surface area (Å²) in [5.41, 5.74) is 0. The highest BCUT2D eigenvalue weighted by Gasteiger charge is 2.24. The van der Waals surface area contributed by atoms with Crippen molar-refractivity contribution in [2.75, 3.05) is 0 Å². The smallest absolute Gasteiger partial charge is 0.160 e. The molecule has 0 aromatic heterocycles. The van der Waals surface area contributed by atoms with Crippen molar-refractivity contribution in [2.24, 2.45) is 0 Å². The zero-order valence-electron chi connectivity index (χ0n) is 6.57. The van der Waals surface area contributed by atoms with Crippen molar-refractivity contribution in [1.29, 1.82) is 0 Å². The summed E-state index contributed by atoms with van der Waals surface area (Å²) >= 11 is 0. The van der Waals surface area contributed by atoms with Crippen molar-refractivity contribution in [1.82, 2.24) is 0 Å². The minimum Gasteiger partial charge on any atom is -0.232 e. The maximum absolute atomic E-state index is 12.7. The standard InChI is InChI=1S/C6H12F2S2/c1-5(2,7)9-10-6(3,4)8/h1-4H3. The van der Waals surface area contributed by atoms with Gasteiger partial charge in [0.15, 0.2) is 10.0 Å². The molecule has 0 amide bonds. The first kappa shape index (κ1) is 10.6. The van der Waals surface area contributed by atoms with Crippen LogP contribution in [0.1, 0.15) is 27.7 Å². The number of hydrogen-bond acceptors (Lipinski definition) is 2. The molecule has 0 aromatic carbocycles. The maximum Gasteiger partial charge on any atom is 0.160 e. The fraction of sp³-hybridized carbons (Fsp3) is 1.00. The van der Waals surface area contributed by atoms with E-state index in [1.54, 1.807) is 0 Å². The Bertz CT molecular complexity index is 87.3. The van der Waals surface area contributed by atoms with E-state index in [0.717, 1.165) is 21.6 Å². The van der Waals surface area contributed by atoms with E-state index in [0.29, 0.717) is 0 Å². The lowest BCUT2D eigenvalue weighted by atomic mass is 10.5. The third-order valence-corrected chi connectivity index (χ3v) is 3.94. The van der Waals surface area contributed by atoms with Gasteiger partial charge < -0.3 is 0 Å². The zero-order chi connectivity index (χ0) is 8.41. The Balaban J connectivity index is 3.56. The first-order chi connectivity index (χ1) is 4.21. The molecule has 0 radical (unpaired) electrons. The predicted molar refractivity (Wildman–Crippen MR) is 45.6 cm³/mol. The van der Waals surface area contributed by atoms with E-state index in [4.69, 9.17) is 0 Å². The molecular weight excluding hydrogens is 174 g/mol. The molecule has 62 valence electrons. The highest BCUT2D eigenvalue weighted by Crippen LogP contribution is 2.44. The van der Waals surface area contributed by atoms with Crippen LogP contribution in [0.15, 0.2) is 0 Å². The van der Waals surface area contributed by atoms with Crippen LogP contribution in [0.4, 0.5) is 8.78 Å². The second-order valence-corrected chi connectivity index (χ2v) is 6.17. The average molecular weight is 186 g/mol. The molecule has 0 atom stereocenters. The van der Waals surface area contributed by atoms with E-state index in [1.807, 2.05) is 0 Å². The van der Waals surface area contributed by atoms with Crippen LogP contribution in [0.3, 0.4) is 0 Å². The number of rotatable bonds is 3. The summed E-state index contributed by atoms with van der Waals surface area (Å²) in [7, 11) is 1.83. The molecule has 0 aliphatic rings. The molecule has 0 aromatic rings. The van der Waals surface area contributed by atoms with Gasteiger partial charge in [0.2, 0.25) is 0 Å². The van der Waals surface area contributed by atoms with E-state index >= 15 is 0 Å². The summed E-state index contributed by atoms with van der Waals surface area (Å²) in [6.45, 7) is 5.65. The third-order valence-electron chi connectivity index (χ3n) is 0.438. The van der Waals surface area contributed by atoms with Crippen LogP contribution in [0, 0.1) is 0 Å². The minimum absolute atomic E-state index is 0.916. The van der Waals surface area contributed by atoms with Crippen molar-refractivity contribution in [2.45, 2.75) is 37.7 Å². The Labute approximate surface area is 68.5 Å². The Morgan fingerprint density at radius 3 is 1.10 bits per heavy atom. The van der Waals surface area contributed by atoms with Crippen LogP contribution < -0.4 is 0 Å². The second kappa shape index (κ2) is 3.30. The van der Waals surface area contributed by atoms with Crippen molar-refractivity contribution in [3.05, 3.63) is 0 Å². The molecular formula is C6H12F2S2. The Kier molecular flexibility index (Phi) is 3.49. The van der Waals surface area contributed by atoms with Gasteiger partial charge in [-0.1, -0.05) is 21.6 Å². The molecule has 0 aliphatic heterocycles. The lowest BCUT2D eigenvalue weighted by Gasteiger charge is -2.17. The van der Waals surface area contributed by atoms with Gasteiger partial charge in [-0.15, -0.1) is 0 Å². The maximum atomic E-state index is 12.7. The lowest BCUT2D eigenvalue weighted by molar-refractivity contribution is 0.342. The van der Waals surface area contributed by atoms with Crippen LogP contribution in [0.5, 0.6) is 0 Å². The molecule has 0 rings (SSSR count). The van der Waals surface area contributed by atoms with E-state index < -0.39 is 10.0 Å². The fourth-order valence-electron chi connectivity index (χ4n) is 0.198. The topological polar surface area (TPSA) is 0 Å². The monoisotopic (exact) mass is 186 g/mol. The Hall–Kier alpha value is 0.560. The average Bonchev–Trinajstić information content (AvgIpc) is 1.57. The van der Waals surface area contributed by atoms with Crippen molar-refractivity contribution >= 4 is 21.6 Å². The normalized spacial score (nSPS) is 13.8. The van der Waals surface area contributed by atoms with Gasteiger partial charge in [-0.3, -0.25) is 0 Å². The van der Waals surface area contributed by atoms with Crippen LogP contribution in [0.2, 0.25) is 0 Å². The Morgan fingerprint density at radius 2 is 1.00 bits per heavy atom. The summed E-state index contributed by atoms with van der Waals surface area (Å²) in [4.78, 5) is 0. The lowest BCUT2D eigenvalue weighted by Crippen LogP contribution is -2.08. The van der Waals surface area contributed by atoms with Gasteiger partial charge >= 0.3 is 0 Å². The highest BCUT2D eigenvalue weighted by atomic mass is 33.1. The minimum atomic E-state index is -1.35. The van der Waals surface area contributed by atoms with Gasteiger partial charge in [0, 0.05) is 0 Å². The van der Waals surface area contributed by atoms with Crippen LogP contribution >= 0.6 is 21.6 Å². The SMILES string of the molecule is CC(C)(F)SSC(C)(C)F.